The molecule has 2 aliphatic rings. The summed E-state index contributed by atoms with van der Waals surface area (Å²) in [6.07, 6.45) is 2.66. The molecule has 3 rings (SSSR count). The number of benzene rings is 1. The van der Waals surface area contributed by atoms with Gasteiger partial charge in [-0.2, -0.15) is 0 Å². The molecule has 116 valence electrons. The van der Waals surface area contributed by atoms with E-state index in [0.717, 1.165) is 13.1 Å². The van der Waals surface area contributed by atoms with Gasteiger partial charge in [0.2, 0.25) is 0 Å². The van der Waals surface area contributed by atoms with Gasteiger partial charge >= 0.3 is 0 Å². The van der Waals surface area contributed by atoms with E-state index in [0.29, 0.717) is 5.54 Å². The number of hydrogen-bond acceptors (Lipinski definition) is 3. The summed E-state index contributed by atoms with van der Waals surface area (Å²) in [7, 11) is 0. The topological polar surface area (TPSA) is 18.5 Å². The number of nitrogens with one attached hydrogen (secondary N) is 1. The molecule has 2 aliphatic heterocycles. The van der Waals surface area contributed by atoms with Crippen molar-refractivity contribution in [2.24, 2.45) is 0 Å². The molecule has 1 unspecified atom stereocenters. The van der Waals surface area contributed by atoms with Crippen LogP contribution in [0.5, 0.6) is 0 Å². The summed E-state index contributed by atoms with van der Waals surface area (Å²) in [6.45, 7) is 13.9. The molecule has 0 spiro atoms. The second-order valence-corrected chi connectivity index (χ2v) is 7.07. The van der Waals surface area contributed by atoms with E-state index in [1.165, 1.54) is 55.8 Å². The second kappa shape index (κ2) is 5.98. The highest BCUT2D eigenvalue weighted by Gasteiger charge is 2.31. The van der Waals surface area contributed by atoms with Crippen LogP contribution in [0.25, 0.3) is 0 Å². The van der Waals surface area contributed by atoms with Crippen LogP contribution in [0.4, 0.5) is 5.69 Å². The molecule has 0 aromatic heterocycles. The van der Waals surface area contributed by atoms with Gasteiger partial charge in [-0.15, -0.1) is 0 Å². The molecule has 2 heterocycles. The molecular formula is C18H29N3. The third kappa shape index (κ3) is 3.24. The Morgan fingerprint density at radius 1 is 1.14 bits per heavy atom. The fourth-order valence-corrected chi connectivity index (χ4v) is 3.81. The maximum Gasteiger partial charge on any atom is 0.0399 e. The summed E-state index contributed by atoms with van der Waals surface area (Å²) in [5.41, 5.74) is 4.62. The smallest absolute Gasteiger partial charge is 0.0399 e. The van der Waals surface area contributed by atoms with Crippen LogP contribution in [0.2, 0.25) is 0 Å². The van der Waals surface area contributed by atoms with Crippen molar-refractivity contribution < 1.29 is 0 Å². The largest absolute Gasteiger partial charge is 0.369 e. The fourth-order valence-electron chi connectivity index (χ4n) is 3.81. The zero-order valence-electron chi connectivity index (χ0n) is 13.8. The minimum absolute atomic E-state index is 0.349. The van der Waals surface area contributed by atoms with E-state index in [9.17, 15) is 0 Å². The van der Waals surface area contributed by atoms with Crippen molar-refractivity contribution in [2.45, 2.75) is 39.2 Å². The fraction of sp³-hybridized carbons (Fsp3) is 0.667. The Hall–Kier alpha value is -1.06. The van der Waals surface area contributed by atoms with E-state index in [1.807, 2.05) is 0 Å². The normalized spacial score (nSPS) is 27.3. The van der Waals surface area contributed by atoms with Gasteiger partial charge in [0.15, 0.2) is 0 Å². The summed E-state index contributed by atoms with van der Waals surface area (Å²) in [5, 5.41) is 3.68. The van der Waals surface area contributed by atoms with Crippen LogP contribution in [0, 0.1) is 13.8 Å². The van der Waals surface area contributed by atoms with Gasteiger partial charge in [-0.05, 0) is 57.4 Å². The van der Waals surface area contributed by atoms with Crippen LogP contribution in [0.3, 0.4) is 0 Å². The summed E-state index contributed by atoms with van der Waals surface area (Å²) in [5.74, 6) is 0. The predicted octanol–water partition coefficient (Wildman–Crippen LogP) is 2.57. The molecular weight excluding hydrogens is 258 g/mol. The Morgan fingerprint density at radius 3 is 2.57 bits per heavy atom. The Kier molecular flexibility index (Phi) is 4.23. The van der Waals surface area contributed by atoms with E-state index < -0.39 is 0 Å². The molecule has 3 nitrogen and oxygen atoms in total. The molecule has 3 heteroatoms. The number of nitrogens with zero attached hydrogens (tertiary/aromatic N) is 2. The Labute approximate surface area is 129 Å². The first-order valence-corrected chi connectivity index (χ1v) is 8.36. The molecule has 2 fully saturated rings. The van der Waals surface area contributed by atoms with Crippen molar-refractivity contribution >= 4 is 5.69 Å². The van der Waals surface area contributed by atoms with Crippen LogP contribution >= 0.6 is 0 Å². The third-order valence-electron chi connectivity index (χ3n) is 5.32. The molecule has 0 amide bonds. The van der Waals surface area contributed by atoms with Crippen LogP contribution in [0.15, 0.2) is 18.2 Å². The van der Waals surface area contributed by atoms with Gasteiger partial charge < -0.3 is 10.2 Å². The van der Waals surface area contributed by atoms with Crippen LogP contribution < -0.4 is 10.2 Å². The monoisotopic (exact) mass is 287 g/mol. The first kappa shape index (κ1) is 14.9. The third-order valence-corrected chi connectivity index (χ3v) is 5.32. The zero-order chi connectivity index (χ0) is 14.9. The molecule has 0 aliphatic carbocycles. The number of rotatable bonds is 3. The number of piperazine rings is 1. The van der Waals surface area contributed by atoms with E-state index in [2.05, 4.69) is 54.1 Å². The van der Waals surface area contributed by atoms with Crippen molar-refractivity contribution in [3.8, 4) is 0 Å². The Balaban J connectivity index is 1.59. The van der Waals surface area contributed by atoms with Crippen LogP contribution in [-0.2, 0) is 0 Å². The van der Waals surface area contributed by atoms with E-state index >= 15 is 0 Å². The van der Waals surface area contributed by atoms with Gasteiger partial charge in [0.1, 0.15) is 0 Å². The molecule has 0 radical (unpaired) electrons. The van der Waals surface area contributed by atoms with E-state index in [-0.39, 0.29) is 0 Å². The van der Waals surface area contributed by atoms with E-state index in [4.69, 9.17) is 0 Å². The lowest BCUT2D eigenvalue weighted by Gasteiger charge is -2.40. The van der Waals surface area contributed by atoms with Crippen molar-refractivity contribution in [3.63, 3.8) is 0 Å². The highest BCUT2D eigenvalue weighted by atomic mass is 15.3. The lowest BCUT2D eigenvalue weighted by atomic mass is 9.99. The van der Waals surface area contributed by atoms with Crippen LogP contribution in [0.1, 0.15) is 30.9 Å². The maximum atomic E-state index is 3.68. The summed E-state index contributed by atoms with van der Waals surface area (Å²) in [6, 6.07) is 6.67. The van der Waals surface area contributed by atoms with Gasteiger partial charge in [0, 0.05) is 44.0 Å². The number of aryl methyl sites for hydroxylation is 1. The summed E-state index contributed by atoms with van der Waals surface area (Å²) in [4.78, 5) is 5.20. The molecule has 1 aromatic rings. The molecule has 1 N–H and O–H groups in total. The Bertz CT molecular complexity index is 483. The number of hydrogen-bond donors (Lipinski definition) is 1. The second-order valence-electron chi connectivity index (χ2n) is 7.07. The predicted molar refractivity (Wildman–Crippen MR) is 90.2 cm³/mol. The molecule has 1 aromatic carbocycles. The lowest BCUT2D eigenvalue weighted by Crippen LogP contribution is -2.54. The van der Waals surface area contributed by atoms with Crippen molar-refractivity contribution in [1.29, 1.82) is 0 Å². The maximum absolute atomic E-state index is 3.68. The number of anilines is 1. The molecule has 21 heavy (non-hydrogen) atoms. The Morgan fingerprint density at radius 2 is 1.90 bits per heavy atom. The molecule has 2 saturated heterocycles. The van der Waals surface area contributed by atoms with Crippen molar-refractivity contribution in [1.82, 2.24) is 10.2 Å². The van der Waals surface area contributed by atoms with E-state index in [1.54, 1.807) is 0 Å². The minimum atomic E-state index is 0.349. The standard InChI is InChI=1S/C18H29N3/c1-15-6-4-7-17(16(15)2)21-12-10-20(11-13-21)14-18(3)8-5-9-19-18/h4,6-7,19H,5,8-14H2,1-3H3. The van der Waals surface area contributed by atoms with Gasteiger partial charge in [0.25, 0.3) is 0 Å². The summed E-state index contributed by atoms with van der Waals surface area (Å²) >= 11 is 0. The quantitative estimate of drug-likeness (QED) is 0.922. The first-order chi connectivity index (χ1) is 10.1. The molecule has 1 atom stereocenters. The van der Waals surface area contributed by atoms with Crippen LogP contribution in [-0.4, -0.2) is 49.7 Å². The van der Waals surface area contributed by atoms with Crippen molar-refractivity contribution in [2.75, 3.05) is 44.2 Å². The van der Waals surface area contributed by atoms with Gasteiger partial charge in [-0.1, -0.05) is 12.1 Å². The van der Waals surface area contributed by atoms with Gasteiger partial charge in [-0.25, -0.2) is 0 Å². The SMILES string of the molecule is Cc1cccc(N2CCN(CC3(C)CCCN3)CC2)c1C. The van der Waals surface area contributed by atoms with Gasteiger partial charge in [0.05, 0.1) is 0 Å². The highest BCUT2D eigenvalue weighted by Crippen LogP contribution is 2.25. The first-order valence-electron chi connectivity index (χ1n) is 8.36. The average molecular weight is 287 g/mol. The summed E-state index contributed by atoms with van der Waals surface area (Å²) < 4.78 is 0. The average Bonchev–Trinajstić information content (AvgIpc) is 2.89. The zero-order valence-corrected chi connectivity index (χ0v) is 13.8. The molecule has 0 saturated carbocycles. The highest BCUT2D eigenvalue weighted by molar-refractivity contribution is 5.56. The lowest BCUT2D eigenvalue weighted by molar-refractivity contribution is 0.194. The van der Waals surface area contributed by atoms with Gasteiger partial charge in [-0.3, -0.25) is 4.90 Å². The molecule has 0 bridgehead atoms. The minimum Gasteiger partial charge on any atom is -0.369 e. The van der Waals surface area contributed by atoms with Crippen molar-refractivity contribution in [3.05, 3.63) is 29.3 Å².